The molecule has 6 heteroatoms. The van der Waals surface area contributed by atoms with Crippen LogP contribution in [0.15, 0.2) is 120 Å². The maximum atomic E-state index is 4.80. The number of pyridine rings is 1. The molecule has 0 amide bonds. The van der Waals surface area contributed by atoms with E-state index < -0.39 is 7.92 Å². The van der Waals surface area contributed by atoms with E-state index in [4.69, 9.17) is 25.2 Å². The van der Waals surface area contributed by atoms with Gasteiger partial charge in [0.1, 0.15) is 0 Å². The molecule has 210 valence electrons. The number of aliphatic imine (C=N–C) groups is 1. The molecule has 2 fully saturated rings. The van der Waals surface area contributed by atoms with Crippen LogP contribution < -0.4 is 10.6 Å². The second-order valence-electron chi connectivity index (χ2n) is 10.2. The number of hydrogen-bond acceptors (Lipinski definition) is 2. The standard InChI is InChI=1S/C24H24NP.C10H13N.2ClH.Fe/c1-4-12-21(13-5-1)25-19-20-11-10-18-24(20)26(22-14-6-2-7-15-22)23-16-8-3-9-17-23;1-2-6-9(5-1)10-7-3-4-8-11-10;;;/h1-9,12-17,19-20,24H,10-11,18H2;3-4,7-9H,1-2,5-6H2;2*1H;/q;;;;+2/p-1. The van der Waals surface area contributed by atoms with Gasteiger partial charge in [0.2, 0.25) is 0 Å². The Labute approximate surface area is 256 Å². The Morgan fingerprint density at radius 2 is 1.23 bits per heavy atom. The monoisotopic (exact) mass is 631 g/mol. The van der Waals surface area contributed by atoms with Gasteiger partial charge in [0, 0.05) is 29.9 Å². The second kappa shape index (κ2) is 17.7. The van der Waals surface area contributed by atoms with E-state index in [1.54, 1.807) is 0 Å². The van der Waals surface area contributed by atoms with Crippen LogP contribution in [0.3, 0.4) is 0 Å². The van der Waals surface area contributed by atoms with Gasteiger partial charge in [-0.15, -0.1) is 0 Å². The average molecular weight is 632 g/mol. The molecule has 2 aliphatic rings. The van der Waals surface area contributed by atoms with Crippen molar-refractivity contribution >= 4 is 50.6 Å². The van der Waals surface area contributed by atoms with E-state index in [0.29, 0.717) is 11.6 Å². The molecule has 0 saturated heterocycles. The average Bonchev–Trinajstić information content (AvgIpc) is 3.73. The Balaban J connectivity index is 0.000000218. The second-order valence-corrected chi connectivity index (χ2v) is 14.8. The van der Waals surface area contributed by atoms with Crippen LogP contribution >= 0.6 is 28.1 Å². The maximum Gasteiger partial charge on any atom is 0.0434 e. The molecule has 0 spiro atoms. The van der Waals surface area contributed by atoms with Gasteiger partial charge in [0.25, 0.3) is 0 Å². The summed E-state index contributed by atoms with van der Waals surface area (Å²) in [6.45, 7) is 0. The molecule has 0 aliphatic heterocycles. The minimum absolute atomic E-state index is 0.194. The Morgan fingerprint density at radius 3 is 1.77 bits per heavy atom. The molecule has 4 aromatic rings. The van der Waals surface area contributed by atoms with Crippen molar-refractivity contribution in [2.45, 2.75) is 56.5 Å². The molecule has 2 saturated carbocycles. The first-order chi connectivity index (χ1) is 19.8. The molecular formula is C34H38Cl2FeN2P+. The smallest absolute Gasteiger partial charge is 0.0434 e. The van der Waals surface area contributed by atoms with Crippen LogP contribution in [0.25, 0.3) is 0 Å². The van der Waals surface area contributed by atoms with E-state index >= 15 is 0 Å². The molecular weight excluding hydrogens is 594 g/mol. The van der Waals surface area contributed by atoms with Crippen molar-refractivity contribution in [2.24, 2.45) is 10.9 Å². The van der Waals surface area contributed by atoms with Crippen molar-refractivity contribution < 1.29 is 13.1 Å². The van der Waals surface area contributed by atoms with Gasteiger partial charge >= 0.3 is 33.3 Å². The molecule has 2 atom stereocenters. The first-order valence-electron chi connectivity index (χ1n) is 14.1. The van der Waals surface area contributed by atoms with Crippen molar-refractivity contribution in [1.82, 2.24) is 4.98 Å². The first kappa shape index (κ1) is 31.0. The van der Waals surface area contributed by atoms with Crippen LogP contribution in [0.1, 0.15) is 56.6 Å². The number of halogens is 2. The van der Waals surface area contributed by atoms with Crippen LogP contribution in [0.2, 0.25) is 0 Å². The minimum atomic E-state index is -0.820. The summed E-state index contributed by atoms with van der Waals surface area (Å²) in [5.74, 6) is 1.33. The SMILES string of the molecule is C(=Nc1ccccc1)C1CCCC1[PH+](c1ccccc1)c1ccccc1.[Cl][Fe][Cl].c1ccc(C2CCCC2)nc1. The zero-order chi connectivity index (χ0) is 27.8. The van der Waals surface area contributed by atoms with E-state index in [1.165, 1.54) is 61.2 Å². The van der Waals surface area contributed by atoms with Gasteiger partial charge in [0.15, 0.2) is 0 Å². The summed E-state index contributed by atoms with van der Waals surface area (Å²) in [5.41, 5.74) is 3.06. The number of aromatic nitrogens is 1. The van der Waals surface area contributed by atoms with Crippen molar-refractivity contribution in [1.29, 1.82) is 0 Å². The number of hydrogen-bond donors (Lipinski definition) is 0. The van der Waals surface area contributed by atoms with Crippen LogP contribution in [0.5, 0.6) is 0 Å². The number of para-hydroxylation sites is 1. The molecule has 0 N–H and O–H groups in total. The van der Waals surface area contributed by atoms with Gasteiger partial charge in [0.05, 0.1) is 29.9 Å². The molecule has 1 heterocycles. The van der Waals surface area contributed by atoms with E-state index in [2.05, 4.69) is 108 Å². The van der Waals surface area contributed by atoms with E-state index in [-0.39, 0.29) is 13.1 Å². The third kappa shape index (κ3) is 9.54. The number of nitrogens with zero attached hydrogens (tertiary/aromatic N) is 2. The number of rotatable bonds is 6. The maximum absolute atomic E-state index is 4.80. The van der Waals surface area contributed by atoms with Crippen molar-refractivity contribution in [2.75, 3.05) is 0 Å². The summed E-state index contributed by atoms with van der Waals surface area (Å²) >= 11 is 0.194. The van der Waals surface area contributed by atoms with Gasteiger partial charge in [-0.3, -0.25) is 9.98 Å². The normalized spacial score (nSPS) is 18.8. The molecule has 2 unspecified atom stereocenters. The fourth-order valence-corrected chi connectivity index (χ4v) is 9.36. The Bertz CT molecular complexity index is 1200. The molecule has 0 bridgehead atoms. The van der Waals surface area contributed by atoms with Gasteiger partial charge in [-0.05, 0) is 80.6 Å². The van der Waals surface area contributed by atoms with Crippen LogP contribution in [0, 0.1) is 5.92 Å². The topological polar surface area (TPSA) is 25.2 Å². The van der Waals surface area contributed by atoms with Crippen LogP contribution in [0.4, 0.5) is 5.69 Å². The summed E-state index contributed by atoms with van der Waals surface area (Å²) in [5, 5.41) is 3.04. The Morgan fingerprint density at radius 1 is 0.675 bits per heavy atom. The summed E-state index contributed by atoms with van der Waals surface area (Å²) in [6.07, 6.45) is 13.5. The molecule has 3 aromatic carbocycles. The third-order valence-electron chi connectivity index (χ3n) is 7.74. The van der Waals surface area contributed by atoms with Crippen molar-refractivity contribution in [3.63, 3.8) is 0 Å². The predicted octanol–water partition coefficient (Wildman–Crippen LogP) is 9.54. The van der Waals surface area contributed by atoms with Crippen LogP contribution in [-0.2, 0) is 13.1 Å². The Hall–Kier alpha value is -1.99. The molecule has 2 aliphatic carbocycles. The van der Waals surface area contributed by atoms with Crippen molar-refractivity contribution in [3.8, 4) is 0 Å². The summed E-state index contributed by atoms with van der Waals surface area (Å²) < 4.78 is 0. The van der Waals surface area contributed by atoms with Gasteiger partial charge in [-0.25, -0.2) is 0 Å². The predicted molar refractivity (Wildman–Crippen MR) is 173 cm³/mol. The largest absolute Gasteiger partial charge is 0.261 e. The van der Waals surface area contributed by atoms with Crippen LogP contribution in [-0.4, -0.2) is 16.9 Å². The zero-order valence-electron chi connectivity index (χ0n) is 22.7. The first-order valence-corrected chi connectivity index (χ1v) is 18.7. The number of benzene rings is 3. The van der Waals surface area contributed by atoms with E-state index in [0.717, 1.165) is 11.6 Å². The molecule has 40 heavy (non-hydrogen) atoms. The Kier molecular flexibility index (Phi) is 13.7. The quantitative estimate of drug-likeness (QED) is 0.118. The minimum Gasteiger partial charge on any atom is -0.261 e. The summed E-state index contributed by atoms with van der Waals surface area (Å²) in [6, 6.07) is 38.8. The van der Waals surface area contributed by atoms with Gasteiger partial charge in [-0.2, -0.15) is 0 Å². The molecule has 1 aromatic heterocycles. The molecule has 0 radical (unpaired) electrons. The van der Waals surface area contributed by atoms with E-state index in [9.17, 15) is 0 Å². The summed E-state index contributed by atoms with van der Waals surface area (Å²) in [7, 11) is 8.71. The fraction of sp³-hybridized carbons (Fsp3) is 0.294. The van der Waals surface area contributed by atoms with Crippen molar-refractivity contribution in [3.05, 3.63) is 121 Å². The fourth-order valence-electron chi connectivity index (χ4n) is 5.89. The van der Waals surface area contributed by atoms with Gasteiger partial charge < -0.3 is 0 Å². The van der Waals surface area contributed by atoms with E-state index in [1.807, 2.05) is 18.3 Å². The van der Waals surface area contributed by atoms with Gasteiger partial charge in [-0.1, -0.05) is 73.5 Å². The third-order valence-corrected chi connectivity index (χ3v) is 11.1. The molecule has 2 nitrogen and oxygen atoms in total. The zero-order valence-corrected chi connectivity index (χ0v) is 26.3. The summed E-state index contributed by atoms with van der Waals surface area (Å²) in [4.78, 5) is 9.16. The molecule has 6 rings (SSSR count).